The van der Waals surface area contributed by atoms with E-state index in [1.165, 1.54) is 13.4 Å². The zero-order valence-corrected chi connectivity index (χ0v) is 14.4. The van der Waals surface area contributed by atoms with E-state index in [2.05, 4.69) is 10.6 Å². The summed E-state index contributed by atoms with van der Waals surface area (Å²) in [5.74, 6) is 0.0927. The third kappa shape index (κ3) is 3.75. The fourth-order valence-corrected chi connectivity index (χ4v) is 2.58. The normalized spacial score (nSPS) is 10.2. The van der Waals surface area contributed by atoms with Crippen molar-refractivity contribution >= 4 is 23.2 Å². The Morgan fingerprint density at radius 1 is 0.923 bits per heavy atom. The van der Waals surface area contributed by atoms with Crippen LogP contribution >= 0.6 is 0 Å². The number of para-hydroxylation sites is 1. The molecule has 0 bridgehead atoms. The number of carbonyl (C=O) groups excluding carboxylic acids is 2. The lowest BCUT2D eigenvalue weighted by Crippen LogP contribution is -2.14. The molecule has 0 aliphatic heterocycles. The van der Waals surface area contributed by atoms with Crippen molar-refractivity contribution in [2.24, 2.45) is 0 Å². The molecular formula is C20H18N2O4. The van der Waals surface area contributed by atoms with Gasteiger partial charge < -0.3 is 19.8 Å². The Morgan fingerprint density at radius 2 is 1.62 bits per heavy atom. The molecule has 1 heterocycles. The van der Waals surface area contributed by atoms with E-state index in [-0.39, 0.29) is 17.6 Å². The van der Waals surface area contributed by atoms with E-state index in [0.717, 1.165) is 5.56 Å². The summed E-state index contributed by atoms with van der Waals surface area (Å²) in [6, 6.07) is 15.5. The van der Waals surface area contributed by atoms with Gasteiger partial charge in [0, 0.05) is 11.4 Å². The minimum absolute atomic E-state index is 0.212. The molecule has 0 saturated heterocycles. The highest BCUT2D eigenvalue weighted by molar-refractivity contribution is 6.07. The van der Waals surface area contributed by atoms with E-state index in [4.69, 9.17) is 9.15 Å². The number of amides is 2. The summed E-state index contributed by atoms with van der Waals surface area (Å²) < 4.78 is 10.4. The number of nitrogens with one attached hydrogen (secondary N) is 2. The fourth-order valence-electron chi connectivity index (χ4n) is 2.58. The molecule has 0 spiro atoms. The lowest BCUT2D eigenvalue weighted by molar-refractivity contribution is 0.0994. The number of furan rings is 1. The lowest BCUT2D eigenvalue weighted by atomic mass is 10.1. The van der Waals surface area contributed by atoms with Gasteiger partial charge in [-0.25, -0.2) is 0 Å². The second-order valence-corrected chi connectivity index (χ2v) is 5.62. The molecular weight excluding hydrogens is 332 g/mol. The van der Waals surface area contributed by atoms with E-state index in [9.17, 15) is 9.59 Å². The van der Waals surface area contributed by atoms with Crippen LogP contribution in [-0.4, -0.2) is 18.9 Å². The molecule has 0 aliphatic carbocycles. The van der Waals surface area contributed by atoms with Gasteiger partial charge in [-0.2, -0.15) is 0 Å². The molecule has 0 atom stereocenters. The van der Waals surface area contributed by atoms with Gasteiger partial charge in [0.25, 0.3) is 11.8 Å². The van der Waals surface area contributed by atoms with Crippen molar-refractivity contribution in [2.45, 2.75) is 6.92 Å². The maximum Gasteiger partial charge on any atom is 0.291 e. The van der Waals surface area contributed by atoms with Gasteiger partial charge in [-0.3, -0.25) is 9.59 Å². The van der Waals surface area contributed by atoms with Gasteiger partial charge in [-0.15, -0.1) is 0 Å². The van der Waals surface area contributed by atoms with E-state index < -0.39 is 0 Å². The minimum Gasteiger partial charge on any atom is -0.496 e. The van der Waals surface area contributed by atoms with Crippen molar-refractivity contribution in [1.82, 2.24) is 0 Å². The first-order chi connectivity index (χ1) is 12.6. The zero-order valence-electron chi connectivity index (χ0n) is 14.4. The van der Waals surface area contributed by atoms with Crippen molar-refractivity contribution in [1.29, 1.82) is 0 Å². The van der Waals surface area contributed by atoms with Crippen molar-refractivity contribution in [3.8, 4) is 5.75 Å². The standard InChI is InChI=1S/C20H18N2O4/c1-13-6-3-9-16(18(13)25-2)19(23)21-14-7-4-8-15(12-14)22-20(24)17-10-5-11-26-17/h3-12H,1-2H3,(H,21,23)(H,22,24). The number of carbonyl (C=O) groups is 2. The van der Waals surface area contributed by atoms with Gasteiger partial charge in [-0.1, -0.05) is 18.2 Å². The van der Waals surface area contributed by atoms with Gasteiger partial charge in [0.05, 0.1) is 18.9 Å². The third-order valence-corrected chi connectivity index (χ3v) is 3.78. The van der Waals surface area contributed by atoms with E-state index in [1.54, 1.807) is 48.5 Å². The van der Waals surface area contributed by atoms with Gasteiger partial charge in [0.2, 0.25) is 0 Å². The summed E-state index contributed by atoms with van der Waals surface area (Å²) in [5.41, 5.74) is 2.41. The number of anilines is 2. The molecule has 3 rings (SSSR count). The van der Waals surface area contributed by atoms with E-state index >= 15 is 0 Å². The maximum atomic E-state index is 12.6. The number of hydrogen-bond donors (Lipinski definition) is 2. The minimum atomic E-state index is -0.362. The molecule has 6 nitrogen and oxygen atoms in total. The SMILES string of the molecule is COc1c(C)cccc1C(=O)Nc1cccc(NC(=O)c2ccco2)c1. The van der Waals surface area contributed by atoms with Crippen LogP contribution in [0.5, 0.6) is 5.75 Å². The van der Waals surface area contributed by atoms with E-state index in [0.29, 0.717) is 22.7 Å². The molecule has 26 heavy (non-hydrogen) atoms. The van der Waals surface area contributed by atoms with Crippen LogP contribution < -0.4 is 15.4 Å². The average Bonchev–Trinajstić information content (AvgIpc) is 3.16. The second-order valence-electron chi connectivity index (χ2n) is 5.62. The number of benzene rings is 2. The summed E-state index contributed by atoms with van der Waals surface area (Å²) in [5, 5.41) is 5.54. The van der Waals surface area contributed by atoms with Crippen molar-refractivity contribution in [2.75, 3.05) is 17.7 Å². The predicted molar refractivity (Wildman–Crippen MR) is 98.8 cm³/mol. The second kappa shape index (κ2) is 7.57. The molecule has 0 saturated carbocycles. The molecule has 0 aliphatic rings. The number of hydrogen-bond acceptors (Lipinski definition) is 4. The van der Waals surface area contributed by atoms with Crippen LogP contribution in [0.25, 0.3) is 0 Å². The van der Waals surface area contributed by atoms with Crippen LogP contribution in [-0.2, 0) is 0 Å². The first-order valence-corrected chi connectivity index (χ1v) is 7.98. The van der Waals surface area contributed by atoms with Crippen LogP contribution in [0, 0.1) is 6.92 Å². The van der Waals surface area contributed by atoms with Crippen LogP contribution in [0.3, 0.4) is 0 Å². The fraction of sp³-hybridized carbons (Fsp3) is 0.100. The van der Waals surface area contributed by atoms with Crippen LogP contribution in [0.2, 0.25) is 0 Å². The molecule has 0 fully saturated rings. The van der Waals surface area contributed by atoms with Crippen LogP contribution in [0.1, 0.15) is 26.5 Å². The topological polar surface area (TPSA) is 80.6 Å². The largest absolute Gasteiger partial charge is 0.496 e. The molecule has 2 N–H and O–H groups in total. The monoisotopic (exact) mass is 350 g/mol. The first-order valence-electron chi connectivity index (χ1n) is 7.98. The predicted octanol–water partition coefficient (Wildman–Crippen LogP) is 4.10. The third-order valence-electron chi connectivity index (χ3n) is 3.78. The van der Waals surface area contributed by atoms with Crippen molar-refractivity contribution < 1.29 is 18.7 Å². The Morgan fingerprint density at radius 3 is 2.27 bits per heavy atom. The molecule has 132 valence electrons. The Labute approximate surface area is 150 Å². The summed E-state index contributed by atoms with van der Waals surface area (Å²) in [4.78, 5) is 24.6. The summed E-state index contributed by atoms with van der Waals surface area (Å²) >= 11 is 0. The van der Waals surface area contributed by atoms with Gasteiger partial charge in [-0.05, 0) is 48.9 Å². The average molecular weight is 350 g/mol. The molecule has 0 radical (unpaired) electrons. The summed E-state index contributed by atoms with van der Waals surface area (Å²) in [7, 11) is 1.53. The molecule has 1 aromatic heterocycles. The Hall–Kier alpha value is -3.54. The molecule has 2 aromatic carbocycles. The summed E-state index contributed by atoms with van der Waals surface area (Å²) in [6.45, 7) is 1.88. The van der Waals surface area contributed by atoms with Gasteiger partial charge >= 0.3 is 0 Å². The Kier molecular flexibility index (Phi) is 5.03. The zero-order chi connectivity index (χ0) is 18.5. The maximum absolute atomic E-state index is 12.6. The van der Waals surface area contributed by atoms with Gasteiger partial charge in [0.15, 0.2) is 5.76 Å². The first kappa shape index (κ1) is 17.3. The number of methoxy groups -OCH3 is 1. The summed E-state index contributed by atoms with van der Waals surface area (Å²) in [6.07, 6.45) is 1.43. The van der Waals surface area contributed by atoms with Crippen molar-refractivity contribution in [3.05, 3.63) is 77.7 Å². The highest BCUT2D eigenvalue weighted by atomic mass is 16.5. The Balaban J connectivity index is 1.76. The highest BCUT2D eigenvalue weighted by Crippen LogP contribution is 2.24. The highest BCUT2D eigenvalue weighted by Gasteiger charge is 2.14. The van der Waals surface area contributed by atoms with Crippen LogP contribution in [0.15, 0.2) is 65.3 Å². The number of ether oxygens (including phenoxy) is 1. The molecule has 6 heteroatoms. The molecule has 3 aromatic rings. The lowest BCUT2D eigenvalue weighted by Gasteiger charge is -2.12. The molecule has 2 amide bonds. The van der Waals surface area contributed by atoms with Crippen molar-refractivity contribution in [3.63, 3.8) is 0 Å². The number of rotatable bonds is 5. The number of aryl methyl sites for hydroxylation is 1. The van der Waals surface area contributed by atoms with Crippen LogP contribution in [0.4, 0.5) is 11.4 Å². The Bertz CT molecular complexity index is 933. The van der Waals surface area contributed by atoms with E-state index in [1.807, 2.05) is 13.0 Å². The smallest absolute Gasteiger partial charge is 0.291 e. The quantitative estimate of drug-likeness (QED) is 0.726. The van der Waals surface area contributed by atoms with Gasteiger partial charge in [0.1, 0.15) is 5.75 Å². The molecule has 0 unspecified atom stereocenters.